The van der Waals surface area contributed by atoms with Crippen molar-refractivity contribution in [1.82, 2.24) is 14.9 Å². The number of piperazine rings is 1. The largest absolute Gasteiger partial charge is 0.471 e. The number of alkyl halides is 6. The van der Waals surface area contributed by atoms with E-state index in [-0.39, 0.29) is 46.2 Å². The number of hydrogen-bond donors (Lipinski definition) is 1. The highest BCUT2D eigenvalue weighted by Crippen LogP contribution is 2.41. The molecule has 0 aliphatic carbocycles. The smallest absolute Gasteiger partial charge is 0.352 e. The van der Waals surface area contributed by atoms with Gasteiger partial charge in [0.15, 0.2) is 0 Å². The number of aromatic nitrogens is 2. The van der Waals surface area contributed by atoms with Crippen molar-refractivity contribution in [2.75, 3.05) is 31.1 Å². The van der Waals surface area contributed by atoms with Crippen LogP contribution in [0.1, 0.15) is 5.82 Å². The van der Waals surface area contributed by atoms with Crippen LogP contribution in [0.5, 0.6) is 0 Å². The Hall–Kier alpha value is -3.72. The summed E-state index contributed by atoms with van der Waals surface area (Å²) in [5.41, 5.74) is 0.213. The third kappa shape index (κ3) is 5.72. The molecule has 0 bridgehead atoms. The Kier molecular flexibility index (Phi) is 7.09. The highest BCUT2D eigenvalue weighted by Gasteiger charge is 2.44. The van der Waals surface area contributed by atoms with Crippen molar-refractivity contribution in [3.05, 3.63) is 60.4 Å². The number of benzene rings is 2. The molecule has 0 radical (unpaired) electrons. The lowest BCUT2D eigenvalue weighted by molar-refractivity contribution is -0.185. The number of amides is 1. The molecule has 1 amide bonds. The fourth-order valence-electron chi connectivity index (χ4n) is 4.00. The van der Waals surface area contributed by atoms with Crippen molar-refractivity contribution in [1.29, 1.82) is 0 Å². The number of hydrogen-bond acceptors (Lipinski definition) is 6. The summed E-state index contributed by atoms with van der Waals surface area (Å²) in [6, 6.07) is 12.9. The second-order valence-corrected chi connectivity index (χ2v) is 9.87. The molecule has 0 spiro atoms. The molecule has 3 aromatic rings. The van der Waals surface area contributed by atoms with Crippen LogP contribution in [-0.2, 0) is 21.0 Å². The minimum absolute atomic E-state index is 0.0188. The molecule has 0 atom stereocenters. The number of sulfonamides is 1. The number of halogens is 6. The Balaban J connectivity index is 1.92. The van der Waals surface area contributed by atoms with Crippen molar-refractivity contribution in [3.63, 3.8) is 0 Å². The van der Waals surface area contributed by atoms with Gasteiger partial charge in [0.25, 0.3) is 0 Å². The molecule has 1 fully saturated rings. The molecule has 1 aliphatic rings. The number of carbonyl (C=O) groups excluding carboxylic acids is 1. The zero-order valence-corrected chi connectivity index (χ0v) is 20.1. The average Bonchev–Trinajstić information content (AvgIpc) is 2.86. The lowest BCUT2D eigenvalue weighted by Crippen LogP contribution is -2.52. The lowest BCUT2D eigenvalue weighted by atomic mass is 9.98. The minimum Gasteiger partial charge on any atom is -0.352 e. The number of primary sulfonamides is 1. The number of carbonyl (C=O) groups is 1. The van der Waals surface area contributed by atoms with Crippen LogP contribution in [0.25, 0.3) is 22.4 Å². The normalized spacial score (nSPS) is 15.0. The Bertz CT molecular complexity index is 1450. The lowest BCUT2D eigenvalue weighted by Gasteiger charge is -2.37. The van der Waals surface area contributed by atoms with E-state index in [0.29, 0.717) is 4.90 Å². The summed E-state index contributed by atoms with van der Waals surface area (Å²) in [7, 11) is -4.20. The molecular formula is C23H19F6N5O3S. The maximum absolute atomic E-state index is 13.9. The molecule has 1 saturated heterocycles. The summed E-state index contributed by atoms with van der Waals surface area (Å²) in [5, 5.41) is 5.25. The van der Waals surface area contributed by atoms with Crippen molar-refractivity contribution < 1.29 is 39.6 Å². The van der Waals surface area contributed by atoms with Gasteiger partial charge in [-0.3, -0.25) is 4.79 Å². The summed E-state index contributed by atoms with van der Waals surface area (Å²) >= 11 is 0. The van der Waals surface area contributed by atoms with Crippen molar-refractivity contribution in [2.45, 2.75) is 17.2 Å². The van der Waals surface area contributed by atoms with Crippen LogP contribution < -0.4 is 10.0 Å². The van der Waals surface area contributed by atoms with Crippen molar-refractivity contribution >= 4 is 21.7 Å². The van der Waals surface area contributed by atoms with Gasteiger partial charge in [-0.05, 0) is 17.7 Å². The SMILES string of the molecule is NS(=O)(=O)c1cccc(-c2c(-c3ccccc3)nc(C(F)(F)F)nc2N2CCN(C(=O)C(F)(F)F)CC2)c1. The second-order valence-electron chi connectivity index (χ2n) is 8.31. The summed E-state index contributed by atoms with van der Waals surface area (Å²) in [5.74, 6) is -3.83. The monoisotopic (exact) mass is 559 g/mol. The van der Waals surface area contributed by atoms with Crippen LogP contribution in [0.2, 0.25) is 0 Å². The zero-order chi connectivity index (χ0) is 27.9. The molecule has 15 heteroatoms. The van der Waals surface area contributed by atoms with Crippen LogP contribution in [0, 0.1) is 0 Å². The predicted octanol–water partition coefficient (Wildman–Crippen LogP) is 3.69. The third-order valence-corrected chi connectivity index (χ3v) is 6.66. The second kappa shape index (κ2) is 9.87. The molecule has 0 saturated carbocycles. The van der Waals surface area contributed by atoms with Gasteiger partial charge in [-0.1, -0.05) is 42.5 Å². The van der Waals surface area contributed by atoms with E-state index in [1.807, 2.05) is 0 Å². The number of rotatable bonds is 4. The third-order valence-electron chi connectivity index (χ3n) is 5.75. The van der Waals surface area contributed by atoms with E-state index in [1.165, 1.54) is 35.2 Å². The molecule has 8 nitrogen and oxygen atoms in total. The molecule has 2 aromatic carbocycles. The fourth-order valence-corrected chi connectivity index (χ4v) is 4.56. The predicted molar refractivity (Wildman–Crippen MR) is 124 cm³/mol. The van der Waals surface area contributed by atoms with E-state index in [1.54, 1.807) is 18.2 Å². The standard InChI is InChI=1S/C23H19F6N5O3S/c24-22(25,26)20-31-18(14-5-2-1-3-6-14)17(15-7-4-8-16(13-15)38(30,36)37)19(32-20)33-9-11-34(12-10-33)21(35)23(27,28)29/h1-8,13H,9-12H2,(H2,30,36,37). The minimum atomic E-state index is -5.10. The molecular weight excluding hydrogens is 540 g/mol. The van der Waals surface area contributed by atoms with Crippen molar-refractivity contribution in [2.24, 2.45) is 5.14 Å². The molecule has 202 valence electrons. The van der Waals surface area contributed by atoms with Crippen LogP contribution in [0.3, 0.4) is 0 Å². The van der Waals surface area contributed by atoms with E-state index >= 15 is 0 Å². The average molecular weight is 559 g/mol. The molecule has 0 unspecified atom stereocenters. The first-order valence-corrected chi connectivity index (χ1v) is 12.5. The first-order valence-electron chi connectivity index (χ1n) is 10.9. The Morgan fingerprint density at radius 3 is 2.00 bits per heavy atom. The van der Waals surface area contributed by atoms with Crippen molar-refractivity contribution in [3.8, 4) is 22.4 Å². The first kappa shape index (κ1) is 27.3. The maximum Gasteiger partial charge on any atom is 0.471 e. The maximum atomic E-state index is 13.9. The van der Waals surface area contributed by atoms with E-state index in [2.05, 4.69) is 9.97 Å². The quantitative estimate of drug-likeness (QED) is 0.489. The number of nitrogens with zero attached hydrogens (tertiary/aromatic N) is 4. The summed E-state index contributed by atoms with van der Waals surface area (Å²) in [4.78, 5) is 20.7. The van der Waals surface area contributed by atoms with Gasteiger partial charge in [-0.25, -0.2) is 23.5 Å². The molecule has 1 aromatic heterocycles. The molecule has 2 N–H and O–H groups in total. The molecule has 2 heterocycles. The van der Waals surface area contributed by atoms with Gasteiger partial charge in [0.2, 0.25) is 15.8 Å². The van der Waals surface area contributed by atoms with Gasteiger partial charge in [-0.15, -0.1) is 0 Å². The van der Waals surface area contributed by atoms with Crippen LogP contribution in [0.15, 0.2) is 59.5 Å². The Morgan fingerprint density at radius 1 is 0.842 bits per heavy atom. The highest BCUT2D eigenvalue weighted by molar-refractivity contribution is 7.89. The van der Waals surface area contributed by atoms with Crippen LogP contribution in [-0.4, -0.2) is 61.5 Å². The van der Waals surface area contributed by atoms with E-state index < -0.39 is 47.2 Å². The van der Waals surface area contributed by atoms with Gasteiger partial charge < -0.3 is 9.80 Å². The first-order chi connectivity index (χ1) is 17.7. The zero-order valence-electron chi connectivity index (χ0n) is 19.3. The van der Waals surface area contributed by atoms with E-state index in [4.69, 9.17) is 5.14 Å². The Labute approximate surface area is 212 Å². The van der Waals surface area contributed by atoms with E-state index in [9.17, 15) is 39.6 Å². The van der Waals surface area contributed by atoms with Gasteiger partial charge in [0, 0.05) is 31.7 Å². The topological polar surface area (TPSA) is 109 Å². The molecule has 1 aliphatic heterocycles. The fraction of sp³-hybridized carbons (Fsp3) is 0.261. The summed E-state index contributed by atoms with van der Waals surface area (Å²) in [6.07, 6.45) is -10.1. The summed E-state index contributed by atoms with van der Waals surface area (Å²) in [6.45, 7) is -1.40. The van der Waals surface area contributed by atoms with Gasteiger partial charge in [0.05, 0.1) is 16.2 Å². The van der Waals surface area contributed by atoms with E-state index in [0.717, 1.165) is 6.07 Å². The van der Waals surface area contributed by atoms with Gasteiger partial charge >= 0.3 is 18.3 Å². The Morgan fingerprint density at radius 2 is 1.45 bits per heavy atom. The number of anilines is 1. The summed E-state index contributed by atoms with van der Waals surface area (Å²) < 4.78 is 104. The molecule has 4 rings (SSSR count). The number of nitrogens with two attached hydrogens (primary N) is 1. The van der Waals surface area contributed by atoms with Crippen LogP contribution in [0.4, 0.5) is 32.2 Å². The highest BCUT2D eigenvalue weighted by atomic mass is 32.2. The molecule has 38 heavy (non-hydrogen) atoms. The van der Waals surface area contributed by atoms with Gasteiger partial charge in [0.1, 0.15) is 5.82 Å². The van der Waals surface area contributed by atoms with Crippen LogP contribution >= 0.6 is 0 Å². The van der Waals surface area contributed by atoms with Gasteiger partial charge in [-0.2, -0.15) is 26.3 Å².